The van der Waals surface area contributed by atoms with Crippen LogP contribution in [0.1, 0.15) is 16.1 Å². The van der Waals surface area contributed by atoms with Gasteiger partial charge >= 0.3 is 0 Å². The van der Waals surface area contributed by atoms with Gasteiger partial charge in [-0.1, -0.05) is 12.1 Å². The molecule has 3 aromatic rings. The van der Waals surface area contributed by atoms with Gasteiger partial charge in [0.05, 0.1) is 18.2 Å². The first-order valence-corrected chi connectivity index (χ1v) is 6.58. The van der Waals surface area contributed by atoms with Crippen LogP contribution in [0.15, 0.2) is 53.3 Å². The second kappa shape index (κ2) is 5.28. The number of aryl methyl sites for hydroxylation is 2. The van der Waals surface area contributed by atoms with Crippen molar-refractivity contribution >= 4 is 11.7 Å². The van der Waals surface area contributed by atoms with Crippen molar-refractivity contribution in [3.63, 3.8) is 0 Å². The fraction of sp³-hybridized carbons (Fsp3) is 0.125. The maximum Gasteiger partial charge on any atom is 0.256 e. The fourth-order valence-electron chi connectivity index (χ4n) is 2.18. The van der Waals surface area contributed by atoms with E-state index in [0.717, 1.165) is 16.8 Å². The molecule has 0 spiro atoms. The number of aromatic nitrogens is 2. The molecule has 0 aliphatic heterocycles. The van der Waals surface area contributed by atoms with E-state index < -0.39 is 0 Å². The van der Waals surface area contributed by atoms with Gasteiger partial charge in [0.1, 0.15) is 5.82 Å². The van der Waals surface area contributed by atoms with Crippen LogP contribution in [0, 0.1) is 6.92 Å². The van der Waals surface area contributed by atoms with Gasteiger partial charge in [0, 0.05) is 24.2 Å². The van der Waals surface area contributed by atoms with Crippen molar-refractivity contribution in [2.75, 3.05) is 5.32 Å². The molecule has 0 aliphatic carbocycles. The van der Waals surface area contributed by atoms with Gasteiger partial charge in [0.15, 0.2) is 0 Å². The predicted molar refractivity (Wildman–Crippen MR) is 80.0 cm³/mol. The Kier molecular flexibility index (Phi) is 3.31. The van der Waals surface area contributed by atoms with E-state index in [1.54, 1.807) is 30.3 Å². The maximum atomic E-state index is 12.3. The molecule has 0 unspecified atom stereocenters. The minimum atomic E-state index is -0.164. The van der Waals surface area contributed by atoms with Crippen LogP contribution in [0.4, 0.5) is 5.82 Å². The summed E-state index contributed by atoms with van der Waals surface area (Å²) < 4.78 is 6.72. The van der Waals surface area contributed by atoms with Gasteiger partial charge < -0.3 is 9.73 Å². The molecule has 2 heterocycles. The molecule has 2 aromatic heterocycles. The highest BCUT2D eigenvalue weighted by molar-refractivity contribution is 6.04. The number of amides is 1. The molecule has 3 rings (SSSR count). The Morgan fingerprint density at radius 2 is 2.10 bits per heavy atom. The largest absolute Gasteiger partial charge is 0.472 e. The first kappa shape index (κ1) is 13.2. The number of hydrogen-bond acceptors (Lipinski definition) is 3. The van der Waals surface area contributed by atoms with Crippen LogP contribution in [-0.4, -0.2) is 15.7 Å². The van der Waals surface area contributed by atoms with E-state index in [0.29, 0.717) is 11.4 Å². The Balaban J connectivity index is 1.85. The fourth-order valence-corrected chi connectivity index (χ4v) is 2.18. The number of anilines is 1. The van der Waals surface area contributed by atoms with Crippen molar-refractivity contribution in [1.29, 1.82) is 0 Å². The first-order chi connectivity index (χ1) is 10.1. The van der Waals surface area contributed by atoms with Gasteiger partial charge in [-0.3, -0.25) is 9.48 Å². The standard InChI is InChI=1S/C16H15N3O2/c1-11-8-15(19(2)18-11)17-16(20)13-5-3-4-12(9-13)14-6-7-21-10-14/h3-10H,1-2H3,(H,17,20). The molecular formula is C16H15N3O2. The number of hydrogen-bond donors (Lipinski definition) is 1. The number of carbonyl (C=O) groups excluding carboxylic acids is 1. The molecule has 106 valence electrons. The van der Waals surface area contributed by atoms with Crippen molar-refractivity contribution in [1.82, 2.24) is 9.78 Å². The molecule has 0 saturated carbocycles. The molecule has 1 aromatic carbocycles. The van der Waals surface area contributed by atoms with Crippen LogP contribution < -0.4 is 5.32 Å². The molecule has 1 amide bonds. The van der Waals surface area contributed by atoms with Crippen LogP contribution >= 0.6 is 0 Å². The van der Waals surface area contributed by atoms with E-state index in [9.17, 15) is 4.79 Å². The van der Waals surface area contributed by atoms with E-state index in [1.165, 1.54) is 0 Å². The lowest BCUT2D eigenvalue weighted by Crippen LogP contribution is -2.14. The van der Waals surface area contributed by atoms with Gasteiger partial charge in [-0.15, -0.1) is 0 Å². The summed E-state index contributed by atoms with van der Waals surface area (Å²) in [5, 5.41) is 7.06. The number of nitrogens with zero attached hydrogens (tertiary/aromatic N) is 2. The third kappa shape index (κ3) is 2.72. The SMILES string of the molecule is Cc1cc(NC(=O)c2cccc(-c3ccoc3)c2)n(C)n1. The van der Waals surface area contributed by atoms with Gasteiger partial charge in [-0.05, 0) is 30.7 Å². The summed E-state index contributed by atoms with van der Waals surface area (Å²) in [5.74, 6) is 0.509. The molecular weight excluding hydrogens is 266 g/mol. The molecule has 0 fully saturated rings. The lowest BCUT2D eigenvalue weighted by atomic mass is 10.1. The van der Waals surface area contributed by atoms with Crippen molar-refractivity contribution in [3.05, 3.63) is 60.2 Å². The van der Waals surface area contributed by atoms with E-state index in [1.807, 2.05) is 37.3 Å². The monoisotopic (exact) mass is 281 g/mol. The Labute approximate surface area is 122 Å². The van der Waals surface area contributed by atoms with E-state index in [2.05, 4.69) is 10.4 Å². The molecule has 5 nitrogen and oxygen atoms in total. The van der Waals surface area contributed by atoms with E-state index in [4.69, 9.17) is 4.42 Å². The Morgan fingerprint density at radius 1 is 1.24 bits per heavy atom. The number of benzene rings is 1. The Hall–Kier alpha value is -2.82. The second-order valence-corrected chi connectivity index (χ2v) is 4.84. The second-order valence-electron chi connectivity index (χ2n) is 4.84. The summed E-state index contributed by atoms with van der Waals surface area (Å²) in [6, 6.07) is 11.1. The van der Waals surface area contributed by atoms with Crippen molar-refractivity contribution < 1.29 is 9.21 Å². The van der Waals surface area contributed by atoms with Gasteiger partial charge in [-0.2, -0.15) is 5.10 Å². The van der Waals surface area contributed by atoms with Gasteiger partial charge in [0.25, 0.3) is 5.91 Å². The smallest absolute Gasteiger partial charge is 0.256 e. The molecule has 0 saturated heterocycles. The number of carbonyl (C=O) groups is 1. The van der Waals surface area contributed by atoms with Crippen LogP contribution in [0.3, 0.4) is 0 Å². The summed E-state index contributed by atoms with van der Waals surface area (Å²) >= 11 is 0. The highest BCUT2D eigenvalue weighted by atomic mass is 16.3. The third-order valence-corrected chi connectivity index (χ3v) is 3.22. The number of nitrogens with one attached hydrogen (secondary N) is 1. The highest BCUT2D eigenvalue weighted by Crippen LogP contribution is 2.21. The van der Waals surface area contributed by atoms with Crippen LogP contribution in [-0.2, 0) is 7.05 Å². The molecule has 0 atom stereocenters. The lowest BCUT2D eigenvalue weighted by Gasteiger charge is -2.06. The summed E-state index contributed by atoms with van der Waals surface area (Å²) in [6.07, 6.45) is 3.27. The van der Waals surface area contributed by atoms with Gasteiger partial charge in [-0.25, -0.2) is 0 Å². The maximum absolute atomic E-state index is 12.3. The summed E-state index contributed by atoms with van der Waals surface area (Å²) in [4.78, 5) is 12.3. The molecule has 0 bridgehead atoms. The average molecular weight is 281 g/mol. The molecule has 0 aliphatic rings. The lowest BCUT2D eigenvalue weighted by molar-refractivity contribution is 0.102. The topological polar surface area (TPSA) is 60.1 Å². The van der Waals surface area contributed by atoms with Crippen molar-refractivity contribution in [2.45, 2.75) is 6.92 Å². The predicted octanol–water partition coefficient (Wildman–Crippen LogP) is 3.24. The van der Waals surface area contributed by atoms with Crippen LogP contribution in [0.25, 0.3) is 11.1 Å². The normalized spacial score (nSPS) is 10.6. The minimum absolute atomic E-state index is 0.164. The van der Waals surface area contributed by atoms with Gasteiger partial charge in [0.2, 0.25) is 0 Å². The van der Waals surface area contributed by atoms with E-state index in [-0.39, 0.29) is 5.91 Å². The van der Waals surface area contributed by atoms with Crippen LogP contribution in [0.5, 0.6) is 0 Å². The Morgan fingerprint density at radius 3 is 2.76 bits per heavy atom. The molecule has 0 radical (unpaired) electrons. The summed E-state index contributed by atoms with van der Waals surface area (Å²) in [7, 11) is 1.80. The minimum Gasteiger partial charge on any atom is -0.472 e. The molecule has 1 N–H and O–H groups in total. The van der Waals surface area contributed by atoms with Crippen molar-refractivity contribution in [3.8, 4) is 11.1 Å². The third-order valence-electron chi connectivity index (χ3n) is 3.22. The summed E-state index contributed by atoms with van der Waals surface area (Å²) in [6.45, 7) is 1.88. The number of furan rings is 1. The van der Waals surface area contributed by atoms with Crippen LogP contribution in [0.2, 0.25) is 0 Å². The zero-order chi connectivity index (χ0) is 14.8. The zero-order valence-electron chi connectivity index (χ0n) is 11.8. The van der Waals surface area contributed by atoms with E-state index >= 15 is 0 Å². The average Bonchev–Trinajstić information content (AvgIpc) is 3.09. The molecule has 5 heteroatoms. The zero-order valence-corrected chi connectivity index (χ0v) is 11.8. The number of rotatable bonds is 3. The van der Waals surface area contributed by atoms with Crippen molar-refractivity contribution in [2.24, 2.45) is 7.05 Å². The quantitative estimate of drug-likeness (QED) is 0.801. The Bertz CT molecular complexity index is 773. The highest BCUT2D eigenvalue weighted by Gasteiger charge is 2.10. The summed E-state index contributed by atoms with van der Waals surface area (Å²) in [5.41, 5.74) is 3.34. The first-order valence-electron chi connectivity index (χ1n) is 6.58. The molecule has 21 heavy (non-hydrogen) atoms.